The molecule has 0 aromatic heterocycles. The summed E-state index contributed by atoms with van der Waals surface area (Å²) in [6.45, 7) is 0.228. The van der Waals surface area contributed by atoms with E-state index in [9.17, 15) is 14.7 Å². The fourth-order valence-corrected chi connectivity index (χ4v) is 5.27. The Hall–Kier alpha value is -2.99. The fourth-order valence-electron chi connectivity index (χ4n) is 5.08. The number of nitrogens with zero attached hydrogens (tertiary/aromatic N) is 1. The number of halogens is 1. The maximum atomic E-state index is 13.6. The van der Waals surface area contributed by atoms with Crippen LogP contribution in [0.2, 0.25) is 5.02 Å². The van der Waals surface area contributed by atoms with E-state index in [0.29, 0.717) is 16.2 Å². The summed E-state index contributed by atoms with van der Waals surface area (Å²) in [5, 5.41) is 10.6. The quantitative estimate of drug-likeness (QED) is 0.735. The van der Waals surface area contributed by atoms with Crippen molar-refractivity contribution in [2.24, 2.45) is 5.92 Å². The van der Waals surface area contributed by atoms with Gasteiger partial charge in [0.25, 0.3) is 5.91 Å². The van der Waals surface area contributed by atoms with E-state index in [1.54, 1.807) is 23.1 Å². The highest BCUT2D eigenvalue weighted by Gasteiger charge is 2.52. The van der Waals surface area contributed by atoms with Crippen LogP contribution in [0, 0.1) is 5.92 Å². The molecule has 2 aliphatic heterocycles. The SMILES string of the molecule is COc1cc(C2C3=C(OC4CCCCC4C3=O)C(=O)N2Cc2ccccc2Cl)ccc1O. The summed E-state index contributed by atoms with van der Waals surface area (Å²) >= 11 is 6.39. The minimum atomic E-state index is -0.640. The molecule has 0 saturated heterocycles. The van der Waals surface area contributed by atoms with Crippen LogP contribution in [0.1, 0.15) is 42.9 Å². The molecule has 1 fully saturated rings. The fraction of sp³-hybridized carbons (Fsp3) is 0.360. The number of phenolic OH excluding ortho intramolecular Hbond substituents is 1. The molecule has 3 atom stereocenters. The zero-order valence-corrected chi connectivity index (χ0v) is 18.5. The second-order valence-corrected chi connectivity index (χ2v) is 8.92. The van der Waals surface area contributed by atoms with Crippen LogP contribution in [0.25, 0.3) is 0 Å². The third kappa shape index (κ3) is 3.34. The highest BCUT2D eigenvalue weighted by molar-refractivity contribution is 6.31. The summed E-state index contributed by atoms with van der Waals surface area (Å²) in [6, 6.07) is 11.6. The predicted octanol–water partition coefficient (Wildman–Crippen LogP) is 4.55. The van der Waals surface area contributed by atoms with E-state index in [1.165, 1.54) is 13.2 Å². The van der Waals surface area contributed by atoms with E-state index in [-0.39, 0.29) is 47.5 Å². The van der Waals surface area contributed by atoms with Gasteiger partial charge in [-0.15, -0.1) is 0 Å². The molecule has 0 spiro atoms. The van der Waals surface area contributed by atoms with Crippen LogP contribution in [0.3, 0.4) is 0 Å². The van der Waals surface area contributed by atoms with Crippen LogP contribution < -0.4 is 4.74 Å². The highest BCUT2D eigenvalue weighted by Crippen LogP contribution is 2.48. The van der Waals surface area contributed by atoms with Gasteiger partial charge in [0.1, 0.15) is 6.10 Å². The first-order valence-electron chi connectivity index (χ1n) is 10.9. The number of benzene rings is 2. The number of rotatable bonds is 4. The number of Topliss-reactive ketones (excluding diaryl/α,β-unsaturated/α-hetero) is 1. The number of hydrogen-bond acceptors (Lipinski definition) is 5. The van der Waals surface area contributed by atoms with Crippen LogP contribution in [-0.4, -0.2) is 34.9 Å². The van der Waals surface area contributed by atoms with E-state index in [0.717, 1.165) is 31.2 Å². The molecule has 166 valence electrons. The van der Waals surface area contributed by atoms with Gasteiger partial charge < -0.3 is 19.5 Å². The van der Waals surface area contributed by atoms with Gasteiger partial charge in [-0.05, 0) is 48.6 Å². The summed E-state index contributed by atoms with van der Waals surface area (Å²) in [5.74, 6) is -0.121. The molecule has 7 heteroatoms. The summed E-state index contributed by atoms with van der Waals surface area (Å²) in [7, 11) is 1.46. The molecule has 3 unspecified atom stereocenters. The maximum Gasteiger partial charge on any atom is 0.290 e. The number of ketones is 1. The third-order valence-corrected chi connectivity index (χ3v) is 7.05. The van der Waals surface area contributed by atoms with Gasteiger partial charge in [0.2, 0.25) is 0 Å². The van der Waals surface area contributed by atoms with Crippen LogP contribution in [0.15, 0.2) is 53.8 Å². The van der Waals surface area contributed by atoms with Gasteiger partial charge in [-0.25, -0.2) is 0 Å². The first-order valence-corrected chi connectivity index (χ1v) is 11.2. The van der Waals surface area contributed by atoms with Crippen LogP contribution in [-0.2, 0) is 20.9 Å². The lowest BCUT2D eigenvalue weighted by molar-refractivity contribution is -0.135. The van der Waals surface area contributed by atoms with Crippen molar-refractivity contribution in [3.63, 3.8) is 0 Å². The number of fused-ring (bicyclic) bond motifs is 1. The lowest BCUT2D eigenvalue weighted by atomic mass is 9.77. The van der Waals surface area contributed by atoms with Crippen molar-refractivity contribution in [1.82, 2.24) is 4.90 Å². The first-order chi connectivity index (χ1) is 15.5. The molecule has 2 heterocycles. The van der Waals surface area contributed by atoms with Crippen molar-refractivity contribution >= 4 is 23.3 Å². The Balaban J connectivity index is 1.62. The Morgan fingerprint density at radius 3 is 2.72 bits per heavy atom. The number of methoxy groups -OCH3 is 1. The van der Waals surface area contributed by atoms with Crippen molar-refractivity contribution in [3.8, 4) is 11.5 Å². The van der Waals surface area contributed by atoms with Crippen LogP contribution in [0.5, 0.6) is 11.5 Å². The molecular formula is C25H24ClNO5. The Kier molecular flexibility index (Phi) is 5.33. The van der Waals surface area contributed by atoms with Crippen LogP contribution >= 0.6 is 11.6 Å². The summed E-state index contributed by atoms with van der Waals surface area (Å²) in [4.78, 5) is 28.8. The van der Waals surface area contributed by atoms with Gasteiger partial charge in [-0.1, -0.05) is 42.3 Å². The molecule has 32 heavy (non-hydrogen) atoms. The lowest BCUT2D eigenvalue weighted by Gasteiger charge is -2.35. The van der Waals surface area contributed by atoms with Gasteiger partial charge in [-0.3, -0.25) is 9.59 Å². The van der Waals surface area contributed by atoms with Crippen molar-refractivity contribution in [3.05, 3.63) is 69.9 Å². The number of aromatic hydroxyl groups is 1. The average Bonchev–Trinajstić information content (AvgIpc) is 3.08. The van der Waals surface area contributed by atoms with E-state index < -0.39 is 6.04 Å². The van der Waals surface area contributed by atoms with E-state index in [2.05, 4.69) is 0 Å². The molecule has 1 amide bonds. The van der Waals surface area contributed by atoms with E-state index in [1.807, 2.05) is 18.2 Å². The average molecular weight is 454 g/mol. The monoisotopic (exact) mass is 453 g/mol. The number of carbonyl (C=O) groups excluding carboxylic acids is 2. The van der Waals surface area contributed by atoms with Gasteiger partial charge in [0.15, 0.2) is 23.0 Å². The van der Waals surface area contributed by atoms with Crippen LogP contribution in [0.4, 0.5) is 0 Å². The predicted molar refractivity (Wildman–Crippen MR) is 118 cm³/mol. The number of carbonyl (C=O) groups is 2. The minimum absolute atomic E-state index is 0.00834. The first kappa shape index (κ1) is 20.9. The molecule has 1 N–H and O–H groups in total. The second-order valence-electron chi connectivity index (χ2n) is 8.51. The second kappa shape index (κ2) is 8.17. The topological polar surface area (TPSA) is 76.1 Å². The molecule has 0 bridgehead atoms. The number of amides is 1. The van der Waals surface area contributed by atoms with Crippen molar-refractivity contribution in [2.75, 3.05) is 7.11 Å². The highest BCUT2D eigenvalue weighted by atomic mass is 35.5. The molecular weight excluding hydrogens is 430 g/mol. The molecule has 5 rings (SSSR count). The van der Waals surface area contributed by atoms with E-state index in [4.69, 9.17) is 21.1 Å². The summed E-state index contributed by atoms with van der Waals surface area (Å²) < 4.78 is 11.5. The molecule has 2 aromatic rings. The summed E-state index contributed by atoms with van der Waals surface area (Å²) in [5.41, 5.74) is 1.86. The van der Waals surface area contributed by atoms with Gasteiger partial charge in [0.05, 0.1) is 24.6 Å². The Morgan fingerprint density at radius 2 is 1.94 bits per heavy atom. The minimum Gasteiger partial charge on any atom is -0.504 e. The zero-order valence-electron chi connectivity index (χ0n) is 17.7. The number of phenols is 1. The molecule has 1 aliphatic carbocycles. The largest absolute Gasteiger partial charge is 0.504 e. The van der Waals surface area contributed by atoms with E-state index >= 15 is 0 Å². The van der Waals surface area contributed by atoms with Gasteiger partial charge in [-0.2, -0.15) is 0 Å². The zero-order chi connectivity index (χ0) is 22.4. The van der Waals surface area contributed by atoms with Gasteiger partial charge in [0, 0.05) is 11.6 Å². The standard InChI is InChI=1S/C25H24ClNO5/c1-31-20-12-14(10-11-18(20)28)22-21-23(29)16-7-3-5-9-19(16)32-24(21)25(30)27(22)13-15-6-2-4-8-17(15)26/h2,4,6,8,10-12,16,19,22,28H,3,5,7,9,13H2,1H3. The Bertz CT molecular complexity index is 1130. The Morgan fingerprint density at radius 1 is 1.16 bits per heavy atom. The molecule has 2 aromatic carbocycles. The smallest absolute Gasteiger partial charge is 0.290 e. The third-order valence-electron chi connectivity index (χ3n) is 6.68. The molecule has 6 nitrogen and oxygen atoms in total. The lowest BCUT2D eigenvalue weighted by Crippen LogP contribution is -2.39. The Labute approximate surface area is 191 Å². The maximum absolute atomic E-state index is 13.6. The molecule has 0 radical (unpaired) electrons. The molecule has 1 saturated carbocycles. The van der Waals surface area contributed by atoms with Crippen molar-refractivity contribution in [2.45, 2.75) is 44.4 Å². The number of ether oxygens (including phenoxy) is 2. The molecule has 3 aliphatic rings. The van der Waals surface area contributed by atoms with Crippen molar-refractivity contribution in [1.29, 1.82) is 0 Å². The van der Waals surface area contributed by atoms with Crippen molar-refractivity contribution < 1.29 is 24.2 Å². The number of hydrogen-bond donors (Lipinski definition) is 1. The van der Waals surface area contributed by atoms with Gasteiger partial charge >= 0.3 is 0 Å². The summed E-state index contributed by atoms with van der Waals surface area (Å²) in [6.07, 6.45) is 3.28. The normalized spacial score (nSPS) is 24.8.